The van der Waals surface area contributed by atoms with Crippen LogP contribution in [0.3, 0.4) is 0 Å². The summed E-state index contributed by atoms with van der Waals surface area (Å²) in [4.78, 5) is 0.118. The number of aryl methyl sites for hydroxylation is 1. The van der Waals surface area contributed by atoms with Gasteiger partial charge in [-0.25, -0.2) is 8.42 Å². The second-order valence-electron chi connectivity index (χ2n) is 5.96. The van der Waals surface area contributed by atoms with E-state index in [2.05, 4.69) is 4.72 Å². The van der Waals surface area contributed by atoms with Crippen LogP contribution in [-0.2, 0) is 16.6 Å². The molecule has 0 saturated heterocycles. The lowest BCUT2D eigenvalue weighted by Crippen LogP contribution is -2.14. The molecule has 3 aromatic carbocycles. The van der Waals surface area contributed by atoms with Crippen molar-refractivity contribution in [3.63, 3.8) is 0 Å². The van der Waals surface area contributed by atoms with Crippen molar-refractivity contribution in [2.24, 2.45) is 0 Å². The molecule has 4 nitrogen and oxygen atoms in total. The molecule has 0 aliphatic carbocycles. The van der Waals surface area contributed by atoms with E-state index in [1.54, 1.807) is 18.2 Å². The summed E-state index contributed by atoms with van der Waals surface area (Å²) in [5.74, 6) is 0.687. The number of hydrogen-bond donors (Lipinski definition) is 1. The van der Waals surface area contributed by atoms with Gasteiger partial charge in [0.1, 0.15) is 12.4 Å². The van der Waals surface area contributed by atoms with E-state index in [0.29, 0.717) is 27.0 Å². The van der Waals surface area contributed by atoms with E-state index in [0.717, 1.165) is 5.56 Å². The van der Waals surface area contributed by atoms with E-state index >= 15 is 0 Å². The van der Waals surface area contributed by atoms with Gasteiger partial charge in [0.25, 0.3) is 10.0 Å². The Morgan fingerprint density at radius 3 is 2.19 bits per heavy atom. The van der Waals surface area contributed by atoms with Gasteiger partial charge in [-0.2, -0.15) is 0 Å². The number of anilines is 1. The number of halogens is 2. The first-order valence-electron chi connectivity index (χ1n) is 8.10. The normalized spacial score (nSPS) is 11.2. The highest BCUT2D eigenvalue weighted by Crippen LogP contribution is 2.26. The van der Waals surface area contributed by atoms with Crippen LogP contribution in [0.5, 0.6) is 5.75 Å². The molecule has 3 aromatic rings. The monoisotopic (exact) mass is 421 g/mol. The Morgan fingerprint density at radius 2 is 1.52 bits per heavy atom. The van der Waals surface area contributed by atoms with Crippen LogP contribution in [0.15, 0.2) is 71.6 Å². The molecule has 0 saturated carbocycles. The molecular weight excluding hydrogens is 405 g/mol. The third-order valence-corrected chi connectivity index (χ3v) is 5.72. The molecule has 0 radical (unpaired) electrons. The fourth-order valence-electron chi connectivity index (χ4n) is 2.39. The quantitative estimate of drug-likeness (QED) is 0.556. The summed E-state index contributed by atoms with van der Waals surface area (Å²) in [5.41, 5.74) is 2.16. The van der Waals surface area contributed by atoms with Gasteiger partial charge in [-0.1, -0.05) is 40.9 Å². The molecule has 0 heterocycles. The first-order valence-corrected chi connectivity index (χ1v) is 10.3. The molecule has 0 aromatic heterocycles. The smallest absolute Gasteiger partial charge is 0.261 e. The van der Waals surface area contributed by atoms with Crippen LogP contribution < -0.4 is 9.46 Å². The van der Waals surface area contributed by atoms with Crippen molar-refractivity contribution >= 4 is 38.9 Å². The summed E-state index contributed by atoms with van der Waals surface area (Å²) >= 11 is 11.9. The van der Waals surface area contributed by atoms with Crippen LogP contribution in [0.25, 0.3) is 0 Å². The van der Waals surface area contributed by atoms with Gasteiger partial charge in [0.15, 0.2) is 0 Å². The predicted molar refractivity (Wildman–Crippen MR) is 109 cm³/mol. The maximum absolute atomic E-state index is 12.6. The van der Waals surface area contributed by atoms with Crippen molar-refractivity contribution < 1.29 is 13.2 Å². The molecular formula is C20H17Cl2NO3S. The third kappa shape index (κ3) is 5.16. The number of benzene rings is 3. The first-order chi connectivity index (χ1) is 12.8. The maximum Gasteiger partial charge on any atom is 0.261 e. The lowest BCUT2D eigenvalue weighted by molar-refractivity contribution is 0.307. The van der Waals surface area contributed by atoms with Gasteiger partial charge < -0.3 is 4.74 Å². The van der Waals surface area contributed by atoms with Gasteiger partial charge >= 0.3 is 0 Å². The van der Waals surface area contributed by atoms with Crippen molar-refractivity contribution in [3.8, 4) is 5.75 Å². The highest BCUT2D eigenvalue weighted by atomic mass is 35.5. The minimum absolute atomic E-state index is 0.118. The minimum Gasteiger partial charge on any atom is -0.489 e. The Labute approximate surface area is 168 Å². The Hall–Kier alpha value is -2.21. The van der Waals surface area contributed by atoms with Gasteiger partial charge in [0.2, 0.25) is 0 Å². The van der Waals surface area contributed by atoms with Crippen molar-refractivity contribution in [3.05, 3.63) is 87.9 Å². The summed E-state index contributed by atoms with van der Waals surface area (Å²) < 4.78 is 33.6. The van der Waals surface area contributed by atoms with Crippen LogP contribution in [0.2, 0.25) is 10.0 Å². The second kappa shape index (κ2) is 8.21. The minimum atomic E-state index is -3.76. The van der Waals surface area contributed by atoms with Gasteiger partial charge in [0, 0.05) is 15.6 Å². The maximum atomic E-state index is 12.6. The Kier molecular flexibility index (Phi) is 5.95. The Morgan fingerprint density at radius 1 is 0.889 bits per heavy atom. The van der Waals surface area contributed by atoms with Crippen molar-refractivity contribution in [2.45, 2.75) is 18.4 Å². The molecule has 140 valence electrons. The number of sulfonamides is 1. The van der Waals surface area contributed by atoms with Crippen LogP contribution in [0, 0.1) is 6.92 Å². The zero-order valence-electron chi connectivity index (χ0n) is 14.4. The topological polar surface area (TPSA) is 55.4 Å². The summed E-state index contributed by atoms with van der Waals surface area (Å²) in [6, 6.07) is 18.5. The molecule has 0 bridgehead atoms. The van der Waals surface area contributed by atoms with Gasteiger partial charge in [-0.3, -0.25) is 4.72 Å². The van der Waals surface area contributed by atoms with E-state index in [1.807, 2.05) is 31.2 Å². The molecule has 7 heteroatoms. The molecule has 0 aliphatic heterocycles. The van der Waals surface area contributed by atoms with E-state index in [4.69, 9.17) is 27.9 Å². The molecule has 0 unspecified atom stereocenters. The van der Waals surface area contributed by atoms with E-state index in [1.165, 1.54) is 24.3 Å². The molecule has 1 N–H and O–H groups in total. The van der Waals surface area contributed by atoms with Crippen molar-refractivity contribution in [1.29, 1.82) is 0 Å². The average molecular weight is 422 g/mol. The molecule has 0 fully saturated rings. The summed E-state index contributed by atoms with van der Waals surface area (Å²) in [7, 11) is -3.76. The zero-order chi connectivity index (χ0) is 19.4. The van der Waals surface area contributed by atoms with Crippen LogP contribution in [-0.4, -0.2) is 8.42 Å². The van der Waals surface area contributed by atoms with Gasteiger partial charge in [-0.05, 0) is 61.5 Å². The largest absolute Gasteiger partial charge is 0.489 e. The highest BCUT2D eigenvalue weighted by Gasteiger charge is 2.16. The second-order valence-corrected chi connectivity index (χ2v) is 8.52. The number of hydrogen-bond acceptors (Lipinski definition) is 3. The Bertz CT molecular complexity index is 1030. The molecule has 0 atom stereocenters. The van der Waals surface area contributed by atoms with Gasteiger partial charge in [0.05, 0.1) is 10.6 Å². The highest BCUT2D eigenvalue weighted by molar-refractivity contribution is 7.92. The Balaban J connectivity index is 1.83. The number of rotatable bonds is 6. The number of nitrogens with one attached hydrogen (secondary N) is 1. The van der Waals surface area contributed by atoms with E-state index in [-0.39, 0.29) is 11.5 Å². The average Bonchev–Trinajstić information content (AvgIpc) is 2.63. The van der Waals surface area contributed by atoms with Crippen LogP contribution in [0.4, 0.5) is 5.69 Å². The lowest BCUT2D eigenvalue weighted by Gasteiger charge is -2.14. The fraction of sp³-hybridized carbons (Fsp3) is 0.100. The van der Waals surface area contributed by atoms with E-state index in [9.17, 15) is 8.42 Å². The standard InChI is InChI=1S/C20H17Cl2NO3S/c1-14-2-7-18(8-3-14)26-13-15-12-17(22)6-11-20(15)23-27(24,25)19-9-4-16(21)5-10-19/h2-12,23H,13H2,1H3. The lowest BCUT2D eigenvalue weighted by atomic mass is 10.2. The predicted octanol–water partition coefficient (Wildman–Crippen LogP) is 5.68. The van der Waals surface area contributed by atoms with Crippen molar-refractivity contribution in [2.75, 3.05) is 4.72 Å². The SMILES string of the molecule is Cc1ccc(OCc2cc(Cl)ccc2NS(=O)(=O)c2ccc(Cl)cc2)cc1. The summed E-state index contributed by atoms with van der Waals surface area (Å²) in [6.07, 6.45) is 0. The first kappa shape index (κ1) is 19.5. The molecule has 0 amide bonds. The molecule has 0 aliphatic rings. The third-order valence-electron chi connectivity index (χ3n) is 3.85. The molecule has 27 heavy (non-hydrogen) atoms. The summed E-state index contributed by atoms with van der Waals surface area (Å²) in [6.45, 7) is 2.16. The van der Waals surface area contributed by atoms with Crippen molar-refractivity contribution in [1.82, 2.24) is 0 Å². The van der Waals surface area contributed by atoms with E-state index < -0.39 is 10.0 Å². The molecule has 0 spiro atoms. The summed E-state index contributed by atoms with van der Waals surface area (Å²) in [5, 5.41) is 0.958. The van der Waals surface area contributed by atoms with Gasteiger partial charge in [-0.15, -0.1) is 0 Å². The molecule has 3 rings (SSSR count). The van der Waals surface area contributed by atoms with Crippen LogP contribution in [0.1, 0.15) is 11.1 Å². The van der Waals surface area contributed by atoms with Crippen LogP contribution >= 0.6 is 23.2 Å². The zero-order valence-corrected chi connectivity index (χ0v) is 16.8. The fourth-order valence-corrected chi connectivity index (χ4v) is 3.82. The number of ether oxygens (including phenoxy) is 1.